The van der Waals surface area contributed by atoms with Crippen LogP contribution in [-0.2, 0) is 6.54 Å². The van der Waals surface area contributed by atoms with E-state index in [2.05, 4.69) is 18.7 Å². The van der Waals surface area contributed by atoms with E-state index in [1.54, 1.807) is 12.1 Å². The molecule has 90 valence electrons. The lowest BCUT2D eigenvalue weighted by Gasteiger charge is -2.21. The van der Waals surface area contributed by atoms with Gasteiger partial charge in [0.15, 0.2) is 0 Å². The van der Waals surface area contributed by atoms with Crippen molar-refractivity contribution >= 4 is 0 Å². The van der Waals surface area contributed by atoms with Crippen molar-refractivity contribution in [1.29, 1.82) is 0 Å². The summed E-state index contributed by atoms with van der Waals surface area (Å²) in [7, 11) is 0. The number of hydrogen-bond donors (Lipinski definition) is 0. The third-order valence-electron chi connectivity index (χ3n) is 2.69. The molecule has 1 aromatic rings. The van der Waals surface area contributed by atoms with E-state index in [0.717, 1.165) is 19.6 Å². The van der Waals surface area contributed by atoms with E-state index in [-0.39, 0.29) is 5.82 Å². The second-order valence-corrected chi connectivity index (χ2v) is 4.26. The highest BCUT2D eigenvalue weighted by atomic mass is 19.1. The van der Waals surface area contributed by atoms with Gasteiger partial charge < -0.3 is 0 Å². The zero-order valence-corrected chi connectivity index (χ0v) is 10.4. The molecule has 0 radical (unpaired) electrons. The number of hydrogen-bond acceptors (Lipinski definition) is 1. The fourth-order valence-corrected chi connectivity index (χ4v) is 1.82. The van der Waals surface area contributed by atoms with Crippen molar-refractivity contribution in [3.05, 3.63) is 35.6 Å². The third kappa shape index (κ3) is 4.75. The van der Waals surface area contributed by atoms with E-state index in [1.807, 2.05) is 12.1 Å². The Balaban J connectivity index is 2.49. The average molecular weight is 223 g/mol. The van der Waals surface area contributed by atoms with E-state index in [9.17, 15) is 4.39 Å². The highest BCUT2D eigenvalue weighted by molar-refractivity contribution is 5.15. The molecule has 2 heteroatoms. The molecule has 0 N–H and O–H groups in total. The second-order valence-electron chi connectivity index (χ2n) is 4.26. The summed E-state index contributed by atoms with van der Waals surface area (Å²) in [5.74, 6) is -0.153. The molecule has 0 saturated heterocycles. The number of rotatable bonds is 7. The van der Waals surface area contributed by atoms with E-state index in [4.69, 9.17) is 0 Å². The van der Waals surface area contributed by atoms with Gasteiger partial charge in [-0.2, -0.15) is 0 Å². The number of nitrogens with zero attached hydrogens (tertiary/aromatic N) is 1. The Morgan fingerprint density at radius 2 is 1.69 bits per heavy atom. The summed E-state index contributed by atoms with van der Waals surface area (Å²) in [4.78, 5) is 2.44. The molecule has 0 fully saturated rings. The van der Waals surface area contributed by atoms with Crippen molar-refractivity contribution in [2.24, 2.45) is 0 Å². The maximum absolute atomic E-state index is 12.8. The summed E-state index contributed by atoms with van der Waals surface area (Å²) < 4.78 is 12.8. The van der Waals surface area contributed by atoms with Gasteiger partial charge in [0, 0.05) is 6.54 Å². The Morgan fingerprint density at radius 3 is 2.25 bits per heavy atom. The van der Waals surface area contributed by atoms with Crippen molar-refractivity contribution in [3.8, 4) is 0 Å². The van der Waals surface area contributed by atoms with Gasteiger partial charge in [-0.3, -0.25) is 4.90 Å². The van der Waals surface area contributed by atoms with E-state index in [0.29, 0.717) is 0 Å². The molecule has 0 bridgehead atoms. The van der Waals surface area contributed by atoms with E-state index < -0.39 is 0 Å². The predicted octanol–water partition coefficient (Wildman–Crippen LogP) is 3.84. The van der Waals surface area contributed by atoms with Gasteiger partial charge in [-0.15, -0.1) is 0 Å². The largest absolute Gasteiger partial charge is 0.299 e. The Labute approximate surface area is 98.3 Å². The SMILES string of the molecule is CCCCN(CCC)Cc1ccc(F)cc1. The standard InChI is InChI=1S/C14H22FN/c1-3-5-11-16(10-4-2)12-13-6-8-14(15)9-7-13/h6-9H,3-5,10-12H2,1-2H3. The van der Waals surface area contributed by atoms with Gasteiger partial charge in [0.1, 0.15) is 5.82 Å². The lowest BCUT2D eigenvalue weighted by atomic mass is 10.2. The van der Waals surface area contributed by atoms with Gasteiger partial charge in [0.05, 0.1) is 0 Å². The molecule has 0 aliphatic rings. The molecule has 0 aromatic heterocycles. The first-order chi connectivity index (χ1) is 7.76. The predicted molar refractivity (Wildman–Crippen MR) is 66.9 cm³/mol. The van der Waals surface area contributed by atoms with Crippen molar-refractivity contribution in [2.75, 3.05) is 13.1 Å². The van der Waals surface area contributed by atoms with E-state index in [1.165, 1.54) is 24.8 Å². The smallest absolute Gasteiger partial charge is 0.123 e. The van der Waals surface area contributed by atoms with Crippen LogP contribution in [0, 0.1) is 5.82 Å². The lowest BCUT2D eigenvalue weighted by molar-refractivity contribution is 0.261. The Morgan fingerprint density at radius 1 is 1.00 bits per heavy atom. The van der Waals surface area contributed by atoms with Crippen LogP contribution in [0.15, 0.2) is 24.3 Å². The number of unbranched alkanes of at least 4 members (excludes halogenated alkanes) is 1. The normalized spacial score (nSPS) is 11.0. The summed E-state index contributed by atoms with van der Waals surface area (Å²) in [6.45, 7) is 7.61. The van der Waals surface area contributed by atoms with Crippen molar-refractivity contribution in [1.82, 2.24) is 4.90 Å². The highest BCUT2D eigenvalue weighted by Gasteiger charge is 2.04. The first-order valence-electron chi connectivity index (χ1n) is 6.23. The third-order valence-corrected chi connectivity index (χ3v) is 2.69. The Hall–Kier alpha value is -0.890. The molecule has 0 unspecified atom stereocenters. The van der Waals surface area contributed by atoms with Gasteiger partial charge in [-0.1, -0.05) is 32.4 Å². The summed E-state index contributed by atoms with van der Waals surface area (Å²) in [6.07, 6.45) is 3.63. The van der Waals surface area contributed by atoms with Gasteiger partial charge in [-0.25, -0.2) is 4.39 Å². The van der Waals surface area contributed by atoms with Crippen molar-refractivity contribution in [2.45, 2.75) is 39.7 Å². The molecular weight excluding hydrogens is 201 g/mol. The molecule has 0 saturated carbocycles. The minimum Gasteiger partial charge on any atom is -0.299 e. The van der Waals surface area contributed by atoms with Gasteiger partial charge in [0.25, 0.3) is 0 Å². The Kier molecular flexibility index (Phi) is 6.09. The van der Waals surface area contributed by atoms with Crippen LogP contribution in [-0.4, -0.2) is 18.0 Å². The zero-order valence-electron chi connectivity index (χ0n) is 10.4. The molecule has 1 nitrogen and oxygen atoms in total. The summed E-state index contributed by atoms with van der Waals surface area (Å²) >= 11 is 0. The summed E-state index contributed by atoms with van der Waals surface area (Å²) in [6, 6.07) is 6.84. The average Bonchev–Trinajstić information content (AvgIpc) is 2.29. The van der Waals surface area contributed by atoms with Crippen LogP contribution < -0.4 is 0 Å². The fourth-order valence-electron chi connectivity index (χ4n) is 1.82. The maximum Gasteiger partial charge on any atom is 0.123 e. The monoisotopic (exact) mass is 223 g/mol. The van der Waals surface area contributed by atoms with Crippen molar-refractivity contribution in [3.63, 3.8) is 0 Å². The number of halogens is 1. The fraction of sp³-hybridized carbons (Fsp3) is 0.571. The van der Waals surface area contributed by atoms with E-state index >= 15 is 0 Å². The molecule has 16 heavy (non-hydrogen) atoms. The van der Waals surface area contributed by atoms with Gasteiger partial charge in [-0.05, 0) is 43.6 Å². The van der Waals surface area contributed by atoms with Crippen LogP contribution in [0.25, 0.3) is 0 Å². The quantitative estimate of drug-likeness (QED) is 0.679. The molecule has 0 amide bonds. The lowest BCUT2D eigenvalue weighted by Crippen LogP contribution is -2.25. The summed E-state index contributed by atoms with van der Waals surface area (Å²) in [5, 5.41) is 0. The minimum atomic E-state index is -0.153. The molecule has 0 atom stereocenters. The molecular formula is C14H22FN. The van der Waals surface area contributed by atoms with Crippen LogP contribution in [0.3, 0.4) is 0 Å². The Bertz CT molecular complexity index is 281. The van der Waals surface area contributed by atoms with Gasteiger partial charge in [0.2, 0.25) is 0 Å². The van der Waals surface area contributed by atoms with Crippen LogP contribution in [0.4, 0.5) is 4.39 Å². The molecule has 1 aromatic carbocycles. The van der Waals surface area contributed by atoms with Crippen LogP contribution in [0.1, 0.15) is 38.7 Å². The molecule has 0 spiro atoms. The molecule has 0 aliphatic heterocycles. The molecule has 1 rings (SSSR count). The zero-order chi connectivity index (χ0) is 11.8. The topological polar surface area (TPSA) is 3.24 Å². The first-order valence-corrected chi connectivity index (χ1v) is 6.23. The van der Waals surface area contributed by atoms with Gasteiger partial charge >= 0.3 is 0 Å². The first kappa shape index (κ1) is 13.2. The highest BCUT2D eigenvalue weighted by Crippen LogP contribution is 2.08. The molecule has 0 aliphatic carbocycles. The van der Waals surface area contributed by atoms with Crippen LogP contribution >= 0.6 is 0 Å². The minimum absolute atomic E-state index is 0.153. The number of benzene rings is 1. The summed E-state index contributed by atoms with van der Waals surface area (Å²) in [5.41, 5.74) is 1.20. The van der Waals surface area contributed by atoms with Crippen LogP contribution in [0.5, 0.6) is 0 Å². The van der Waals surface area contributed by atoms with Crippen LogP contribution in [0.2, 0.25) is 0 Å². The molecule has 0 heterocycles. The van der Waals surface area contributed by atoms with Crippen molar-refractivity contribution < 1.29 is 4.39 Å². The maximum atomic E-state index is 12.8. The second kappa shape index (κ2) is 7.39.